The van der Waals surface area contributed by atoms with Crippen molar-refractivity contribution in [1.82, 2.24) is 4.90 Å². The average Bonchev–Trinajstić information content (AvgIpc) is 2.26. The van der Waals surface area contributed by atoms with Crippen molar-refractivity contribution in [3.8, 4) is 0 Å². The number of hydrogen-bond donors (Lipinski definition) is 0. The molecule has 0 unspecified atom stereocenters. The second kappa shape index (κ2) is 6.23. The first-order chi connectivity index (χ1) is 8.72. The highest BCUT2D eigenvalue weighted by molar-refractivity contribution is 5.99. The molecule has 0 amide bonds. The van der Waals surface area contributed by atoms with Gasteiger partial charge < -0.3 is 4.90 Å². The van der Waals surface area contributed by atoms with E-state index >= 15 is 0 Å². The van der Waals surface area contributed by atoms with Gasteiger partial charge in [0.1, 0.15) is 5.84 Å². The molecule has 1 aromatic rings. The first-order valence-electron chi connectivity index (χ1n) is 7.16. The third kappa shape index (κ3) is 4.70. The number of aliphatic imine (C=N–C) groups is 1. The van der Waals surface area contributed by atoms with Crippen molar-refractivity contribution in [3.05, 3.63) is 35.9 Å². The summed E-state index contributed by atoms with van der Waals surface area (Å²) in [7, 11) is 0. The molecule has 0 aromatic heterocycles. The molecular weight excluding hydrogens is 232 g/mol. The van der Waals surface area contributed by atoms with Crippen molar-refractivity contribution in [3.63, 3.8) is 0 Å². The highest BCUT2D eigenvalue weighted by Crippen LogP contribution is 2.17. The van der Waals surface area contributed by atoms with Gasteiger partial charge in [-0.2, -0.15) is 0 Å². The number of amidine groups is 1. The molecule has 0 N–H and O–H groups in total. The van der Waals surface area contributed by atoms with Crippen LogP contribution in [0.15, 0.2) is 35.3 Å². The lowest BCUT2D eigenvalue weighted by Crippen LogP contribution is -2.43. The highest BCUT2D eigenvalue weighted by atomic mass is 15.2. The fourth-order valence-electron chi connectivity index (χ4n) is 2.26. The van der Waals surface area contributed by atoms with Crippen LogP contribution in [-0.2, 0) is 0 Å². The van der Waals surface area contributed by atoms with E-state index in [0.717, 1.165) is 5.84 Å². The number of hydrogen-bond acceptors (Lipinski definition) is 1. The van der Waals surface area contributed by atoms with Crippen molar-refractivity contribution in [2.45, 2.75) is 66.1 Å². The summed E-state index contributed by atoms with van der Waals surface area (Å²) in [5.41, 5.74) is 1.12. The van der Waals surface area contributed by atoms with E-state index in [1.807, 2.05) is 6.07 Å². The average molecular weight is 260 g/mol. The van der Waals surface area contributed by atoms with E-state index in [9.17, 15) is 0 Å². The number of nitrogens with zero attached hydrogens (tertiary/aromatic N) is 2. The summed E-state index contributed by atoms with van der Waals surface area (Å²) in [5.74, 6) is 1.10. The molecule has 0 aliphatic heterocycles. The molecule has 0 saturated heterocycles. The third-order valence-corrected chi connectivity index (χ3v) is 2.83. The standard InChI is InChI=1S/C17H28N2/c1-13(2)19(14(3)4)16(18-17(5,6)7)15-11-9-8-10-12-15/h8-14H,1-7H3. The van der Waals surface area contributed by atoms with Crippen LogP contribution in [0.2, 0.25) is 0 Å². The van der Waals surface area contributed by atoms with Crippen LogP contribution in [0.25, 0.3) is 0 Å². The minimum absolute atomic E-state index is 0.0762. The van der Waals surface area contributed by atoms with Crippen molar-refractivity contribution < 1.29 is 0 Å². The van der Waals surface area contributed by atoms with Gasteiger partial charge in [-0.1, -0.05) is 30.3 Å². The van der Waals surface area contributed by atoms with Gasteiger partial charge in [-0.3, -0.25) is 4.99 Å². The maximum atomic E-state index is 4.96. The zero-order valence-corrected chi connectivity index (χ0v) is 13.4. The maximum absolute atomic E-state index is 4.96. The van der Waals surface area contributed by atoms with Gasteiger partial charge in [0.15, 0.2) is 0 Å². The lowest BCUT2D eigenvalue weighted by Gasteiger charge is -2.35. The largest absolute Gasteiger partial charge is 0.352 e. The predicted octanol–water partition coefficient (Wildman–Crippen LogP) is 4.35. The fourth-order valence-corrected chi connectivity index (χ4v) is 2.26. The molecule has 0 heterocycles. The monoisotopic (exact) mass is 260 g/mol. The second-order valence-electron chi connectivity index (χ2n) is 6.57. The van der Waals surface area contributed by atoms with Crippen LogP contribution in [0, 0.1) is 0 Å². The first-order valence-corrected chi connectivity index (χ1v) is 7.16. The smallest absolute Gasteiger partial charge is 0.131 e. The van der Waals surface area contributed by atoms with Gasteiger partial charge in [0, 0.05) is 17.6 Å². The summed E-state index contributed by atoms with van der Waals surface area (Å²) in [6.45, 7) is 15.3. The molecule has 19 heavy (non-hydrogen) atoms. The van der Waals surface area contributed by atoms with Crippen molar-refractivity contribution >= 4 is 5.84 Å². The van der Waals surface area contributed by atoms with Crippen LogP contribution in [0.3, 0.4) is 0 Å². The van der Waals surface area contributed by atoms with Gasteiger partial charge in [-0.25, -0.2) is 0 Å². The molecule has 0 fully saturated rings. The zero-order valence-electron chi connectivity index (χ0n) is 13.4. The highest BCUT2D eigenvalue weighted by Gasteiger charge is 2.22. The zero-order chi connectivity index (χ0) is 14.6. The van der Waals surface area contributed by atoms with E-state index < -0.39 is 0 Å². The van der Waals surface area contributed by atoms with Gasteiger partial charge in [0.25, 0.3) is 0 Å². The molecular formula is C17H28N2. The van der Waals surface area contributed by atoms with E-state index in [-0.39, 0.29) is 5.54 Å². The van der Waals surface area contributed by atoms with Crippen LogP contribution < -0.4 is 0 Å². The Morgan fingerprint density at radius 2 is 1.42 bits per heavy atom. The molecule has 0 atom stereocenters. The van der Waals surface area contributed by atoms with E-state index in [1.165, 1.54) is 5.56 Å². The Labute approximate surface area is 118 Å². The quantitative estimate of drug-likeness (QED) is 0.582. The Balaban J connectivity index is 3.31. The van der Waals surface area contributed by atoms with E-state index in [4.69, 9.17) is 4.99 Å². The molecule has 1 aromatic carbocycles. The summed E-state index contributed by atoms with van der Waals surface area (Å²) in [4.78, 5) is 7.35. The summed E-state index contributed by atoms with van der Waals surface area (Å²) < 4.78 is 0. The van der Waals surface area contributed by atoms with Crippen LogP contribution in [-0.4, -0.2) is 28.4 Å². The predicted molar refractivity (Wildman–Crippen MR) is 84.8 cm³/mol. The summed E-state index contributed by atoms with van der Waals surface area (Å²) in [6.07, 6.45) is 0. The third-order valence-electron chi connectivity index (χ3n) is 2.83. The Morgan fingerprint density at radius 1 is 0.947 bits per heavy atom. The van der Waals surface area contributed by atoms with Crippen LogP contribution in [0.1, 0.15) is 54.0 Å². The van der Waals surface area contributed by atoms with Gasteiger partial charge in [0.05, 0.1) is 5.54 Å². The van der Waals surface area contributed by atoms with Gasteiger partial charge in [-0.05, 0) is 48.5 Å². The van der Waals surface area contributed by atoms with E-state index in [2.05, 4.69) is 77.6 Å². The molecule has 106 valence electrons. The molecule has 0 saturated carbocycles. The summed E-state index contributed by atoms with van der Waals surface area (Å²) in [5, 5.41) is 0. The molecule has 0 spiro atoms. The molecule has 0 bridgehead atoms. The molecule has 0 aliphatic carbocycles. The lowest BCUT2D eigenvalue weighted by molar-refractivity contribution is 0.289. The van der Waals surface area contributed by atoms with Gasteiger partial charge >= 0.3 is 0 Å². The Morgan fingerprint density at radius 3 is 1.79 bits per heavy atom. The molecule has 0 aliphatic rings. The topological polar surface area (TPSA) is 15.6 Å². The number of benzene rings is 1. The number of rotatable bonds is 3. The van der Waals surface area contributed by atoms with Crippen LogP contribution in [0.4, 0.5) is 0 Å². The van der Waals surface area contributed by atoms with E-state index in [0.29, 0.717) is 12.1 Å². The minimum atomic E-state index is -0.0762. The van der Waals surface area contributed by atoms with Crippen LogP contribution >= 0.6 is 0 Å². The lowest BCUT2D eigenvalue weighted by atomic mass is 10.1. The summed E-state index contributed by atoms with van der Waals surface area (Å²) >= 11 is 0. The fraction of sp³-hybridized carbons (Fsp3) is 0.588. The SMILES string of the molecule is CC(C)N(C(=NC(C)(C)C)c1ccccc1)C(C)C. The Hall–Kier alpha value is -1.31. The second-order valence-corrected chi connectivity index (χ2v) is 6.57. The van der Waals surface area contributed by atoms with Crippen molar-refractivity contribution in [2.24, 2.45) is 4.99 Å². The first kappa shape index (κ1) is 15.7. The molecule has 1 rings (SSSR count). The minimum Gasteiger partial charge on any atom is -0.352 e. The van der Waals surface area contributed by atoms with E-state index in [1.54, 1.807) is 0 Å². The maximum Gasteiger partial charge on any atom is 0.131 e. The molecule has 2 heteroatoms. The van der Waals surface area contributed by atoms with Gasteiger partial charge in [0.2, 0.25) is 0 Å². The molecule has 0 radical (unpaired) electrons. The molecule has 2 nitrogen and oxygen atoms in total. The van der Waals surface area contributed by atoms with Crippen molar-refractivity contribution in [1.29, 1.82) is 0 Å². The summed E-state index contributed by atoms with van der Waals surface area (Å²) in [6, 6.07) is 11.3. The normalized spacial score (nSPS) is 13.2. The van der Waals surface area contributed by atoms with Crippen LogP contribution in [0.5, 0.6) is 0 Å². The van der Waals surface area contributed by atoms with Crippen molar-refractivity contribution in [2.75, 3.05) is 0 Å². The Kier molecular flexibility index (Phi) is 5.16. The Bertz CT molecular complexity index is 403. The van der Waals surface area contributed by atoms with Gasteiger partial charge in [-0.15, -0.1) is 0 Å².